The van der Waals surface area contributed by atoms with Gasteiger partial charge in [0.25, 0.3) is 0 Å². The maximum atomic E-state index is 10.8. The first kappa shape index (κ1) is 16.2. The highest BCUT2D eigenvalue weighted by atomic mass is 79.9. The van der Waals surface area contributed by atoms with Gasteiger partial charge in [-0.15, -0.1) is 0 Å². The molecule has 0 aliphatic rings. The molecule has 1 unspecified atom stereocenters. The van der Waals surface area contributed by atoms with Crippen LogP contribution in [-0.4, -0.2) is 18.3 Å². The van der Waals surface area contributed by atoms with Crippen molar-refractivity contribution >= 4 is 15.9 Å². The van der Waals surface area contributed by atoms with Crippen molar-refractivity contribution in [2.24, 2.45) is 5.73 Å². The van der Waals surface area contributed by atoms with E-state index in [1.54, 1.807) is 0 Å². The van der Waals surface area contributed by atoms with Crippen LogP contribution >= 0.6 is 15.9 Å². The highest BCUT2D eigenvalue weighted by molar-refractivity contribution is 9.10. The lowest BCUT2D eigenvalue weighted by molar-refractivity contribution is -0.0602. The van der Waals surface area contributed by atoms with E-state index < -0.39 is 5.60 Å². The fraction of sp³-hybridized carbons (Fsp3) is 0.294. The maximum Gasteiger partial charge on any atom is 0.114 e. The summed E-state index contributed by atoms with van der Waals surface area (Å²) in [5, 5.41) is 10.8. The van der Waals surface area contributed by atoms with Crippen LogP contribution in [0, 0.1) is 0 Å². The zero-order valence-electron chi connectivity index (χ0n) is 11.8. The second-order valence-corrected chi connectivity index (χ2v) is 5.97. The van der Waals surface area contributed by atoms with Crippen molar-refractivity contribution in [3.8, 4) is 0 Å². The molecule has 0 saturated carbocycles. The molecule has 0 aliphatic heterocycles. The molecule has 21 heavy (non-hydrogen) atoms. The normalized spacial score (nSPS) is 13.9. The molecule has 0 aromatic heterocycles. The summed E-state index contributed by atoms with van der Waals surface area (Å²) in [5.74, 6) is 0. The number of nitrogens with two attached hydrogens (primary N) is 1. The summed E-state index contributed by atoms with van der Waals surface area (Å²) in [5.41, 5.74) is 6.50. The van der Waals surface area contributed by atoms with Gasteiger partial charge in [-0.1, -0.05) is 58.4 Å². The monoisotopic (exact) mass is 349 g/mol. The number of aliphatic hydroxyl groups is 1. The Kier molecular flexibility index (Phi) is 5.94. The highest BCUT2D eigenvalue weighted by Gasteiger charge is 2.28. The van der Waals surface area contributed by atoms with Crippen LogP contribution in [0.3, 0.4) is 0 Å². The molecule has 0 bridgehead atoms. The fourth-order valence-electron chi connectivity index (χ4n) is 2.21. The van der Waals surface area contributed by atoms with E-state index in [1.165, 1.54) is 0 Å². The average molecular weight is 350 g/mol. The van der Waals surface area contributed by atoms with E-state index in [1.807, 2.05) is 54.6 Å². The van der Waals surface area contributed by atoms with E-state index in [2.05, 4.69) is 15.9 Å². The largest absolute Gasteiger partial charge is 0.383 e. The molecule has 0 aliphatic carbocycles. The molecule has 4 heteroatoms. The van der Waals surface area contributed by atoms with Crippen molar-refractivity contribution in [1.29, 1.82) is 0 Å². The molecule has 0 amide bonds. The fourth-order valence-corrected chi connectivity index (χ4v) is 2.47. The van der Waals surface area contributed by atoms with Crippen molar-refractivity contribution in [3.63, 3.8) is 0 Å². The third-order valence-corrected chi connectivity index (χ3v) is 3.92. The van der Waals surface area contributed by atoms with Gasteiger partial charge >= 0.3 is 0 Å². The Bertz CT molecular complexity index is 544. The van der Waals surface area contributed by atoms with Gasteiger partial charge in [-0.3, -0.25) is 0 Å². The molecule has 0 saturated heterocycles. The van der Waals surface area contributed by atoms with Crippen molar-refractivity contribution in [2.75, 3.05) is 13.2 Å². The van der Waals surface area contributed by atoms with Crippen LogP contribution in [0.15, 0.2) is 59.1 Å². The number of benzene rings is 2. The molecule has 112 valence electrons. The van der Waals surface area contributed by atoms with Gasteiger partial charge in [0.05, 0.1) is 13.2 Å². The van der Waals surface area contributed by atoms with E-state index >= 15 is 0 Å². The molecule has 0 heterocycles. The van der Waals surface area contributed by atoms with E-state index in [0.717, 1.165) is 15.6 Å². The minimum atomic E-state index is -1.04. The Balaban J connectivity index is 1.98. The Morgan fingerprint density at radius 3 is 2.33 bits per heavy atom. The number of hydrogen-bond donors (Lipinski definition) is 2. The molecule has 2 aromatic carbocycles. The molecule has 3 nitrogen and oxygen atoms in total. The minimum absolute atomic E-state index is 0.226. The van der Waals surface area contributed by atoms with Crippen LogP contribution in [0.25, 0.3) is 0 Å². The summed E-state index contributed by atoms with van der Waals surface area (Å²) in [6.45, 7) is 1.10. The van der Waals surface area contributed by atoms with Gasteiger partial charge in [-0.2, -0.15) is 0 Å². The summed E-state index contributed by atoms with van der Waals surface area (Å²) >= 11 is 3.40. The summed E-state index contributed by atoms with van der Waals surface area (Å²) < 4.78 is 6.75. The summed E-state index contributed by atoms with van der Waals surface area (Å²) in [6.07, 6.45) is 0.470. The van der Waals surface area contributed by atoms with Crippen LogP contribution in [0.2, 0.25) is 0 Å². The number of rotatable bonds is 7. The van der Waals surface area contributed by atoms with Gasteiger partial charge in [0.15, 0.2) is 0 Å². The minimum Gasteiger partial charge on any atom is -0.383 e. The van der Waals surface area contributed by atoms with Gasteiger partial charge in [-0.05, 0) is 36.2 Å². The van der Waals surface area contributed by atoms with Crippen LogP contribution < -0.4 is 5.73 Å². The lowest BCUT2D eigenvalue weighted by Crippen LogP contribution is -2.34. The van der Waals surface area contributed by atoms with Gasteiger partial charge in [0, 0.05) is 4.47 Å². The van der Waals surface area contributed by atoms with E-state index in [4.69, 9.17) is 10.5 Å². The summed E-state index contributed by atoms with van der Waals surface area (Å²) in [6, 6.07) is 17.5. The van der Waals surface area contributed by atoms with Gasteiger partial charge in [0.2, 0.25) is 0 Å². The van der Waals surface area contributed by atoms with Gasteiger partial charge < -0.3 is 15.6 Å². The molecule has 0 fully saturated rings. The Morgan fingerprint density at radius 2 is 1.71 bits per heavy atom. The number of ether oxygens (including phenoxy) is 1. The van der Waals surface area contributed by atoms with Gasteiger partial charge in [0.1, 0.15) is 5.60 Å². The summed E-state index contributed by atoms with van der Waals surface area (Å²) in [7, 11) is 0. The quantitative estimate of drug-likeness (QED) is 0.806. The van der Waals surface area contributed by atoms with Crippen LogP contribution in [0.1, 0.15) is 17.5 Å². The van der Waals surface area contributed by atoms with E-state index in [-0.39, 0.29) is 6.61 Å². The zero-order valence-corrected chi connectivity index (χ0v) is 13.4. The van der Waals surface area contributed by atoms with Crippen molar-refractivity contribution in [3.05, 3.63) is 70.2 Å². The topological polar surface area (TPSA) is 55.5 Å². The van der Waals surface area contributed by atoms with Crippen molar-refractivity contribution in [1.82, 2.24) is 0 Å². The molecule has 1 atom stereocenters. The molecular weight excluding hydrogens is 330 g/mol. The number of halogens is 1. The van der Waals surface area contributed by atoms with Crippen molar-refractivity contribution < 1.29 is 9.84 Å². The number of hydrogen-bond acceptors (Lipinski definition) is 3. The lowest BCUT2D eigenvalue weighted by Gasteiger charge is -2.28. The first-order chi connectivity index (χ1) is 10.1. The molecule has 0 radical (unpaired) electrons. The first-order valence-corrected chi connectivity index (χ1v) is 7.73. The maximum absolute atomic E-state index is 10.8. The molecule has 2 rings (SSSR count). The van der Waals surface area contributed by atoms with Crippen LogP contribution in [-0.2, 0) is 16.9 Å². The smallest absolute Gasteiger partial charge is 0.114 e. The predicted molar refractivity (Wildman–Crippen MR) is 87.8 cm³/mol. The molecule has 0 spiro atoms. The SMILES string of the molecule is NCCC(O)(COCc1ccc(Br)cc1)c1ccccc1. The second kappa shape index (κ2) is 7.71. The summed E-state index contributed by atoms with van der Waals surface area (Å²) in [4.78, 5) is 0. The Hall–Kier alpha value is -1.20. The van der Waals surface area contributed by atoms with Gasteiger partial charge in [-0.25, -0.2) is 0 Å². The Labute approximate surface area is 133 Å². The van der Waals surface area contributed by atoms with Crippen LogP contribution in [0.4, 0.5) is 0 Å². The third kappa shape index (κ3) is 4.64. The molecule has 2 aromatic rings. The Morgan fingerprint density at radius 1 is 1.05 bits per heavy atom. The lowest BCUT2D eigenvalue weighted by atomic mass is 9.91. The van der Waals surface area contributed by atoms with Crippen molar-refractivity contribution in [2.45, 2.75) is 18.6 Å². The molecule has 3 N–H and O–H groups in total. The van der Waals surface area contributed by atoms with Crippen LogP contribution in [0.5, 0.6) is 0 Å². The standard InChI is InChI=1S/C17H20BrNO2/c18-16-8-6-14(7-9-16)12-21-13-17(20,10-11-19)15-4-2-1-3-5-15/h1-9,20H,10-13,19H2. The second-order valence-electron chi connectivity index (χ2n) is 5.06. The van der Waals surface area contributed by atoms with E-state index in [9.17, 15) is 5.11 Å². The average Bonchev–Trinajstić information content (AvgIpc) is 2.50. The first-order valence-electron chi connectivity index (χ1n) is 6.94. The third-order valence-electron chi connectivity index (χ3n) is 3.39. The zero-order chi connectivity index (χ0) is 15.1. The highest BCUT2D eigenvalue weighted by Crippen LogP contribution is 2.25. The predicted octanol–water partition coefficient (Wildman–Crippen LogP) is 3.20. The molecular formula is C17H20BrNO2. The van der Waals surface area contributed by atoms with E-state index in [0.29, 0.717) is 19.6 Å².